The third-order valence-corrected chi connectivity index (χ3v) is 5.84. The van der Waals surface area contributed by atoms with Crippen molar-refractivity contribution in [2.45, 2.75) is 13.8 Å². The van der Waals surface area contributed by atoms with Gasteiger partial charge < -0.3 is 19.9 Å². The average molecular weight is 495 g/mol. The number of anilines is 2. The molecular weight excluding hydrogens is 470 g/mol. The van der Waals surface area contributed by atoms with Crippen LogP contribution in [0.1, 0.15) is 24.2 Å². The number of methoxy groups -OCH3 is 1. The van der Waals surface area contributed by atoms with Crippen LogP contribution in [0.5, 0.6) is 5.75 Å². The van der Waals surface area contributed by atoms with Gasteiger partial charge in [-0.1, -0.05) is 47.4 Å². The van der Waals surface area contributed by atoms with Crippen LogP contribution in [0, 0.1) is 5.92 Å². The molecule has 0 spiro atoms. The lowest BCUT2D eigenvalue weighted by molar-refractivity contribution is -0.134. The molecule has 1 aliphatic heterocycles. The number of benzene rings is 2. The first-order valence-corrected chi connectivity index (χ1v) is 11.0. The first-order valence-electron chi connectivity index (χ1n) is 9.79. The van der Waals surface area contributed by atoms with Gasteiger partial charge in [0.15, 0.2) is 0 Å². The van der Waals surface area contributed by atoms with Gasteiger partial charge in [0.2, 0.25) is 5.91 Å². The van der Waals surface area contributed by atoms with E-state index in [0.717, 1.165) is 10.2 Å². The Labute approximate surface area is 190 Å². The van der Waals surface area contributed by atoms with Crippen LogP contribution in [0.3, 0.4) is 0 Å². The second-order valence-electron chi connectivity index (χ2n) is 7.40. The van der Waals surface area contributed by atoms with Gasteiger partial charge >= 0.3 is 0 Å². The van der Waals surface area contributed by atoms with E-state index in [9.17, 15) is 9.59 Å². The predicted octanol–water partition coefficient (Wildman–Crippen LogP) is 4.67. The summed E-state index contributed by atoms with van der Waals surface area (Å²) in [5.41, 5.74) is 1.81. The van der Waals surface area contributed by atoms with Crippen LogP contribution in [-0.2, 0) is 4.79 Å². The first-order chi connectivity index (χ1) is 14.3. The number of ether oxygens (including phenoxy) is 1. The highest BCUT2D eigenvalue weighted by Gasteiger charge is 2.26. The molecule has 0 atom stereocenters. The maximum Gasteiger partial charge on any atom is 0.259 e. The van der Waals surface area contributed by atoms with Crippen LogP contribution in [0.4, 0.5) is 11.4 Å². The molecular formula is C22H25BrClN3O3. The van der Waals surface area contributed by atoms with E-state index >= 15 is 0 Å². The molecule has 0 bridgehead atoms. The molecule has 0 aliphatic carbocycles. The Morgan fingerprint density at radius 3 is 2.47 bits per heavy atom. The van der Waals surface area contributed by atoms with Gasteiger partial charge in [-0.3, -0.25) is 9.59 Å². The smallest absolute Gasteiger partial charge is 0.259 e. The molecule has 0 aromatic heterocycles. The number of carbonyl (C=O) groups excluding carboxylic acids is 2. The summed E-state index contributed by atoms with van der Waals surface area (Å²) < 4.78 is 6.11. The minimum Gasteiger partial charge on any atom is -0.496 e. The fraction of sp³-hybridized carbons (Fsp3) is 0.364. The standard InChI is InChI=1S/C22H25BrClN3O3/c1-14(2)22(29)27-11-9-26(10-12-27)20-17(24)5-4-6-18(20)25-21(28)16-13-15(23)7-8-19(16)30-3/h4-8,13-14H,9-12H2,1-3H3,(H,25,28). The Kier molecular flexibility index (Phi) is 7.26. The largest absolute Gasteiger partial charge is 0.496 e. The van der Waals surface area contributed by atoms with E-state index in [1.54, 1.807) is 24.3 Å². The van der Waals surface area contributed by atoms with Crippen molar-refractivity contribution in [3.05, 3.63) is 51.5 Å². The summed E-state index contributed by atoms with van der Waals surface area (Å²) in [6.07, 6.45) is 0. The third kappa shape index (κ3) is 4.90. The van der Waals surface area contributed by atoms with E-state index in [2.05, 4.69) is 26.1 Å². The van der Waals surface area contributed by atoms with Crippen LogP contribution < -0.4 is 15.0 Å². The van der Waals surface area contributed by atoms with Crippen molar-refractivity contribution in [1.82, 2.24) is 4.90 Å². The summed E-state index contributed by atoms with van der Waals surface area (Å²) in [6, 6.07) is 10.7. The summed E-state index contributed by atoms with van der Waals surface area (Å²) in [5.74, 6) is 0.335. The fourth-order valence-electron chi connectivity index (χ4n) is 3.50. The number of nitrogens with one attached hydrogen (secondary N) is 1. The molecule has 2 aromatic carbocycles. The lowest BCUT2D eigenvalue weighted by Crippen LogP contribution is -2.50. The number of amides is 2. The van der Waals surface area contributed by atoms with Gasteiger partial charge in [0.1, 0.15) is 5.75 Å². The van der Waals surface area contributed by atoms with Gasteiger partial charge in [-0.2, -0.15) is 0 Å². The zero-order chi connectivity index (χ0) is 21.8. The highest BCUT2D eigenvalue weighted by molar-refractivity contribution is 9.10. The summed E-state index contributed by atoms with van der Waals surface area (Å²) in [7, 11) is 1.53. The van der Waals surface area contributed by atoms with Crippen LogP contribution >= 0.6 is 27.5 Å². The summed E-state index contributed by atoms with van der Waals surface area (Å²) >= 11 is 9.92. The lowest BCUT2D eigenvalue weighted by atomic mass is 10.1. The molecule has 0 radical (unpaired) electrons. The lowest BCUT2D eigenvalue weighted by Gasteiger charge is -2.38. The monoisotopic (exact) mass is 493 g/mol. The predicted molar refractivity (Wildman–Crippen MR) is 124 cm³/mol. The number of piperazine rings is 1. The van der Waals surface area contributed by atoms with E-state index in [0.29, 0.717) is 48.2 Å². The second-order valence-corrected chi connectivity index (χ2v) is 8.72. The van der Waals surface area contributed by atoms with Crippen LogP contribution in [0.25, 0.3) is 0 Å². The third-order valence-electron chi connectivity index (χ3n) is 5.04. The molecule has 6 nitrogen and oxygen atoms in total. The molecule has 160 valence electrons. The molecule has 2 amide bonds. The summed E-state index contributed by atoms with van der Waals surface area (Å²) in [6.45, 7) is 6.35. The van der Waals surface area contributed by atoms with Crippen LogP contribution in [0.15, 0.2) is 40.9 Å². The van der Waals surface area contributed by atoms with Crippen molar-refractivity contribution in [2.75, 3.05) is 43.5 Å². The normalized spacial score (nSPS) is 14.1. The van der Waals surface area contributed by atoms with E-state index in [1.165, 1.54) is 7.11 Å². The fourth-order valence-corrected chi connectivity index (χ4v) is 4.16. The van der Waals surface area contributed by atoms with Crippen molar-refractivity contribution in [2.24, 2.45) is 5.92 Å². The van der Waals surface area contributed by atoms with Crippen LogP contribution in [0.2, 0.25) is 5.02 Å². The Morgan fingerprint density at radius 1 is 1.13 bits per heavy atom. The van der Waals surface area contributed by atoms with Crippen LogP contribution in [-0.4, -0.2) is 50.0 Å². The summed E-state index contributed by atoms with van der Waals surface area (Å²) in [5, 5.41) is 3.53. The van der Waals surface area contributed by atoms with Gasteiger partial charge in [-0.25, -0.2) is 0 Å². The minimum absolute atomic E-state index is 0.0214. The van der Waals surface area contributed by atoms with E-state index < -0.39 is 0 Å². The first kappa shape index (κ1) is 22.4. The van der Waals surface area contributed by atoms with Crippen molar-refractivity contribution in [1.29, 1.82) is 0 Å². The molecule has 1 N–H and O–H groups in total. The van der Waals surface area contributed by atoms with E-state index in [-0.39, 0.29) is 17.7 Å². The average Bonchev–Trinajstić information content (AvgIpc) is 2.73. The second kappa shape index (κ2) is 9.71. The molecule has 0 unspecified atom stereocenters. The minimum atomic E-state index is -0.287. The zero-order valence-electron chi connectivity index (χ0n) is 17.2. The Morgan fingerprint density at radius 2 is 1.83 bits per heavy atom. The summed E-state index contributed by atoms with van der Waals surface area (Å²) in [4.78, 5) is 29.2. The molecule has 3 rings (SSSR count). The molecule has 1 saturated heterocycles. The maximum atomic E-state index is 13.0. The van der Waals surface area contributed by atoms with Gasteiger partial charge in [0.05, 0.1) is 29.1 Å². The topological polar surface area (TPSA) is 61.9 Å². The van der Waals surface area contributed by atoms with Crippen molar-refractivity contribution in [3.8, 4) is 5.75 Å². The molecule has 1 heterocycles. The maximum absolute atomic E-state index is 13.0. The van der Waals surface area contributed by atoms with Gasteiger partial charge in [0, 0.05) is 36.6 Å². The molecule has 30 heavy (non-hydrogen) atoms. The quantitative estimate of drug-likeness (QED) is 0.656. The van der Waals surface area contributed by atoms with E-state index in [1.807, 2.05) is 30.9 Å². The van der Waals surface area contributed by atoms with Gasteiger partial charge in [0.25, 0.3) is 5.91 Å². The molecule has 0 saturated carbocycles. The van der Waals surface area contributed by atoms with Crippen molar-refractivity contribution < 1.29 is 14.3 Å². The molecule has 1 aliphatic rings. The van der Waals surface area contributed by atoms with Gasteiger partial charge in [-0.15, -0.1) is 0 Å². The molecule has 1 fully saturated rings. The highest BCUT2D eigenvalue weighted by Crippen LogP contribution is 2.35. The number of rotatable bonds is 5. The number of hydrogen-bond donors (Lipinski definition) is 1. The number of para-hydroxylation sites is 1. The number of hydrogen-bond acceptors (Lipinski definition) is 4. The van der Waals surface area contributed by atoms with Gasteiger partial charge in [-0.05, 0) is 30.3 Å². The number of halogens is 2. The Hall–Kier alpha value is -2.25. The Balaban J connectivity index is 1.82. The Bertz CT molecular complexity index is 943. The SMILES string of the molecule is COc1ccc(Br)cc1C(=O)Nc1cccc(Cl)c1N1CCN(C(=O)C(C)C)CC1. The molecule has 8 heteroatoms. The van der Waals surface area contributed by atoms with Crippen molar-refractivity contribution >= 4 is 50.7 Å². The highest BCUT2D eigenvalue weighted by atomic mass is 79.9. The van der Waals surface area contributed by atoms with E-state index in [4.69, 9.17) is 16.3 Å². The number of carbonyl (C=O) groups is 2. The molecule has 2 aromatic rings. The number of nitrogens with zero attached hydrogens (tertiary/aromatic N) is 2. The zero-order valence-corrected chi connectivity index (χ0v) is 19.6. The van der Waals surface area contributed by atoms with Crippen molar-refractivity contribution in [3.63, 3.8) is 0 Å².